The Morgan fingerprint density at radius 1 is 1.12 bits per heavy atom. The molecule has 1 aromatic carbocycles. The largest absolute Gasteiger partial charge is 0.573 e. The summed E-state index contributed by atoms with van der Waals surface area (Å²) in [5, 5.41) is 4.74. The third kappa shape index (κ3) is 4.47. The van der Waals surface area contributed by atoms with Gasteiger partial charge in [0.15, 0.2) is 0 Å². The highest BCUT2D eigenvalue weighted by molar-refractivity contribution is 7.89. The fourth-order valence-electron chi connectivity index (χ4n) is 0.831. The van der Waals surface area contributed by atoms with Crippen molar-refractivity contribution in [2.45, 2.75) is 11.3 Å². The zero-order valence-electron chi connectivity index (χ0n) is 7.86. The lowest BCUT2D eigenvalue weighted by Crippen LogP contribution is -2.17. The van der Waals surface area contributed by atoms with Crippen LogP contribution in [0.1, 0.15) is 0 Å². The molecule has 0 amide bonds. The summed E-state index contributed by atoms with van der Waals surface area (Å²) >= 11 is 0. The Balaban J connectivity index is 0.00000225. The van der Waals surface area contributed by atoms with Crippen LogP contribution in [0.25, 0.3) is 0 Å². The number of alkyl halides is 3. The molecule has 92 valence electrons. The summed E-state index contributed by atoms with van der Waals surface area (Å²) in [5.74, 6) is -0.505. The lowest BCUT2D eigenvalue weighted by Gasteiger charge is -2.08. The van der Waals surface area contributed by atoms with Gasteiger partial charge in [0, 0.05) is 0 Å². The number of halogens is 3. The van der Waals surface area contributed by atoms with E-state index in [4.69, 9.17) is 5.14 Å². The van der Waals surface area contributed by atoms with Crippen molar-refractivity contribution in [2.75, 3.05) is 0 Å². The SMILES string of the molecule is N.NS(=O)(=O)c1ccc(OC(F)(F)F)cc1. The predicted octanol–water partition coefficient (Wildman–Crippen LogP) is 1.39. The van der Waals surface area contributed by atoms with Gasteiger partial charge in [-0.05, 0) is 24.3 Å². The van der Waals surface area contributed by atoms with Crippen molar-refractivity contribution in [2.24, 2.45) is 5.14 Å². The molecule has 5 N–H and O–H groups in total. The van der Waals surface area contributed by atoms with Gasteiger partial charge >= 0.3 is 6.36 Å². The van der Waals surface area contributed by atoms with Crippen LogP contribution >= 0.6 is 0 Å². The van der Waals surface area contributed by atoms with E-state index >= 15 is 0 Å². The Labute approximate surface area is 89.6 Å². The molecule has 0 atom stereocenters. The van der Waals surface area contributed by atoms with E-state index in [-0.39, 0.29) is 11.0 Å². The molecule has 0 aliphatic carbocycles. The number of hydrogen-bond acceptors (Lipinski definition) is 4. The summed E-state index contributed by atoms with van der Waals surface area (Å²) in [4.78, 5) is -0.281. The van der Waals surface area contributed by atoms with Gasteiger partial charge in [0.1, 0.15) is 5.75 Å². The van der Waals surface area contributed by atoms with Gasteiger partial charge in [-0.25, -0.2) is 13.6 Å². The summed E-state index contributed by atoms with van der Waals surface area (Å²) in [6, 6.07) is 3.59. The number of ether oxygens (including phenoxy) is 1. The molecule has 0 fully saturated rings. The van der Waals surface area contributed by atoms with Crippen molar-refractivity contribution in [3.05, 3.63) is 24.3 Å². The summed E-state index contributed by atoms with van der Waals surface area (Å²) in [6.07, 6.45) is -4.80. The molecule has 0 spiro atoms. The monoisotopic (exact) mass is 258 g/mol. The van der Waals surface area contributed by atoms with E-state index in [0.717, 1.165) is 24.3 Å². The maximum Gasteiger partial charge on any atom is 0.573 e. The molecule has 0 aliphatic heterocycles. The first-order valence-electron chi connectivity index (χ1n) is 3.57. The Morgan fingerprint density at radius 2 is 1.56 bits per heavy atom. The van der Waals surface area contributed by atoms with Crippen molar-refractivity contribution in [3.8, 4) is 5.75 Å². The highest BCUT2D eigenvalue weighted by Crippen LogP contribution is 2.23. The highest BCUT2D eigenvalue weighted by atomic mass is 32.2. The lowest BCUT2D eigenvalue weighted by molar-refractivity contribution is -0.274. The molecule has 0 radical (unpaired) electrons. The maximum atomic E-state index is 11.7. The molecule has 0 aliphatic rings. The summed E-state index contributed by atoms with van der Waals surface area (Å²) < 4.78 is 60.2. The van der Waals surface area contributed by atoms with Crippen LogP contribution in [0.4, 0.5) is 13.2 Å². The van der Waals surface area contributed by atoms with Gasteiger partial charge in [-0.1, -0.05) is 0 Å². The minimum atomic E-state index is -4.80. The Kier molecular flexibility index (Phi) is 4.29. The first kappa shape index (κ1) is 14.7. The number of sulfonamides is 1. The number of hydrogen-bond donors (Lipinski definition) is 2. The third-order valence-corrected chi connectivity index (χ3v) is 2.32. The maximum absolute atomic E-state index is 11.7. The quantitative estimate of drug-likeness (QED) is 0.836. The van der Waals surface area contributed by atoms with E-state index in [1.807, 2.05) is 0 Å². The van der Waals surface area contributed by atoms with Gasteiger partial charge in [-0.2, -0.15) is 0 Å². The summed E-state index contributed by atoms with van der Waals surface area (Å²) in [6.45, 7) is 0. The number of benzene rings is 1. The first-order valence-corrected chi connectivity index (χ1v) is 5.12. The number of primary sulfonamides is 1. The molecule has 0 saturated carbocycles. The molecule has 9 heteroatoms. The Bertz CT molecular complexity index is 441. The molecule has 0 unspecified atom stereocenters. The highest BCUT2D eigenvalue weighted by Gasteiger charge is 2.31. The van der Waals surface area contributed by atoms with Crippen LogP contribution in [0.15, 0.2) is 29.2 Å². The molecule has 1 aromatic rings. The molecule has 1 rings (SSSR count). The van der Waals surface area contributed by atoms with Gasteiger partial charge in [0.05, 0.1) is 4.90 Å². The molecule has 0 saturated heterocycles. The second-order valence-corrected chi connectivity index (χ2v) is 4.13. The third-order valence-electron chi connectivity index (χ3n) is 1.39. The smallest absolute Gasteiger partial charge is 0.406 e. The molecule has 5 nitrogen and oxygen atoms in total. The lowest BCUT2D eigenvalue weighted by atomic mass is 10.3. The molecule has 0 heterocycles. The average molecular weight is 258 g/mol. The average Bonchev–Trinajstić information content (AvgIpc) is 2.00. The van der Waals surface area contributed by atoms with Crippen LogP contribution in [-0.4, -0.2) is 14.8 Å². The minimum Gasteiger partial charge on any atom is -0.406 e. The van der Waals surface area contributed by atoms with Crippen LogP contribution in [0.2, 0.25) is 0 Å². The van der Waals surface area contributed by atoms with Crippen molar-refractivity contribution in [1.29, 1.82) is 0 Å². The summed E-state index contributed by atoms with van der Waals surface area (Å²) in [7, 11) is -3.90. The van der Waals surface area contributed by atoms with Gasteiger partial charge in [-0.15, -0.1) is 13.2 Å². The van der Waals surface area contributed by atoms with Crippen LogP contribution in [-0.2, 0) is 10.0 Å². The van der Waals surface area contributed by atoms with Crippen molar-refractivity contribution >= 4 is 10.0 Å². The van der Waals surface area contributed by atoms with Crippen LogP contribution in [0, 0.1) is 0 Å². The Morgan fingerprint density at radius 3 is 1.88 bits per heavy atom. The summed E-state index contributed by atoms with van der Waals surface area (Å²) in [5.41, 5.74) is 0. The van der Waals surface area contributed by atoms with E-state index < -0.39 is 22.1 Å². The van der Waals surface area contributed by atoms with Gasteiger partial charge < -0.3 is 10.9 Å². The van der Waals surface area contributed by atoms with E-state index in [1.54, 1.807) is 0 Å². The fraction of sp³-hybridized carbons (Fsp3) is 0.143. The predicted molar refractivity (Wildman–Crippen MR) is 49.5 cm³/mol. The topological polar surface area (TPSA) is 104 Å². The van der Waals surface area contributed by atoms with Crippen molar-refractivity contribution < 1.29 is 26.3 Å². The number of rotatable bonds is 2. The normalized spacial score (nSPS) is 11.8. The van der Waals surface area contributed by atoms with E-state index in [0.29, 0.717) is 0 Å². The first-order chi connectivity index (χ1) is 6.68. The van der Waals surface area contributed by atoms with E-state index in [1.165, 1.54) is 0 Å². The van der Waals surface area contributed by atoms with Gasteiger partial charge in [0.2, 0.25) is 10.0 Å². The molecular formula is C7H9F3N2O3S. The van der Waals surface area contributed by atoms with Crippen LogP contribution in [0.5, 0.6) is 5.75 Å². The minimum absolute atomic E-state index is 0. The fourth-order valence-corrected chi connectivity index (χ4v) is 1.35. The molecule has 16 heavy (non-hydrogen) atoms. The molecule has 0 aromatic heterocycles. The zero-order valence-corrected chi connectivity index (χ0v) is 8.68. The zero-order chi connectivity index (χ0) is 11.7. The van der Waals surface area contributed by atoms with Gasteiger partial charge in [0.25, 0.3) is 0 Å². The second kappa shape index (κ2) is 4.68. The molecule has 0 bridgehead atoms. The number of nitrogens with two attached hydrogens (primary N) is 1. The van der Waals surface area contributed by atoms with Crippen molar-refractivity contribution in [1.82, 2.24) is 6.15 Å². The second-order valence-electron chi connectivity index (χ2n) is 2.56. The van der Waals surface area contributed by atoms with Crippen LogP contribution < -0.4 is 16.0 Å². The van der Waals surface area contributed by atoms with E-state index in [2.05, 4.69) is 4.74 Å². The standard InChI is InChI=1S/C7H6F3NO3S.H3N/c8-7(9,10)14-5-1-3-6(4-2-5)15(11,12)13;/h1-4H,(H2,11,12,13);1H3. The van der Waals surface area contributed by atoms with Gasteiger partial charge in [-0.3, -0.25) is 0 Å². The van der Waals surface area contributed by atoms with E-state index in [9.17, 15) is 21.6 Å². The van der Waals surface area contributed by atoms with Crippen molar-refractivity contribution in [3.63, 3.8) is 0 Å². The Hall–Kier alpha value is -1.32. The molecular weight excluding hydrogens is 249 g/mol. The van der Waals surface area contributed by atoms with Crippen LogP contribution in [0.3, 0.4) is 0 Å².